The Morgan fingerprint density at radius 1 is 1.00 bits per heavy atom. The zero-order chi connectivity index (χ0) is 14.7. The number of rotatable bonds is 5. The summed E-state index contributed by atoms with van der Waals surface area (Å²) in [6.07, 6.45) is 1.20. The van der Waals surface area contributed by atoms with Gasteiger partial charge in [0.2, 0.25) is 0 Å². The molecule has 0 aliphatic heterocycles. The van der Waals surface area contributed by atoms with E-state index in [-0.39, 0.29) is 0 Å². The fraction of sp³-hybridized carbons (Fsp3) is 0.444. The van der Waals surface area contributed by atoms with Gasteiger partial charge in [-0.25, -0.2) is 0 Å². The van der Waals surface area contributed by atoms with Crippen molar-refractivity contribution in [3.05, 3.63) is 42.0 Å². The Kier molecular flexibility index (Phi) is 4.66. The van der Waals surface area contributed by atoms with Gasteiger partial charge in [0.25, 0.3) is 0 Å². The van der Waals surface area contributed by atoms with Crippen molar-refractivity contribution in [3.8, 4) is 0 Å². The Morgan fingerprint density at radius 3 is 2.25 bits per heavy atom. The summed E-state index contributed by atoms with van der Waals surface area (Å²) in [5.41, 5.74) is 8.37. The van der Waals surface area contributed by atoms with Gasteiger partial charge in [-0.05, 0) is 36.3 Å². The minimum absolute atomic E-state index is 0.530. The standard InChI is InChI=1S/C18H26N2/c1-13(2)11-14(3)20(4)18-10-9-15(12-19)16-7-5-6-8-17(16)18/h5-10,13-14H,11-12,19H2,1-4H3. The van der Waals surface area contributed by atoms with E-state index in [2.05, 4.69) is 69.1 Å². The van der Waals surface area contributed by atoms with Crippen molar-refractivity contribution in [2.75, 3.05) is 11.9 Å². The molecule has 0 saturated heterocycles. The molecule has 2 rings (SSSR count). The van der Waals surface area contributed by atoms with Gasteiger partial charge in [0, 0.05) is 30.7 Å². The van der Waals surface area contributed by atoms with Gasteiger partial charge in [-0.15, -0.1) is 0 Å². The maximum Gasteiger partial charge on any atom is 0.0445 e. The molecule has 1 unspecified atom stereocenters. The van der Waals surface area contributed by atoms with Crippen LogP contribution in [0.2, 0.25) is 0 Å². The van der Waals surface area contributed by atoms with Gasteiger partial charge in [0.15, 0.2) is 0 Å². The van der Waals surface area contributed by atoms with Crippen LogP contribution in [-0.4, -0.2) is 13.1 Å². The van der Waals surface area contributed by atoms with Crippen LogP contribution < -0.4 is 10.6 Å². The number of hydrogen-bond acceptors (Lipinski definition) is 2. The molecule has 2 nitrogen and oxygen atoms in total. The lowest BCUT2D eigenvalue weighted by molar-refractivity contribution is 0.504. The number of hydrogen-bond donors (Lipinski definition) is 1. The molecule has 20 heavy (non-hydrogen) atoms. The molecule has 0 radical (unpaired) electrons. The van der Waals surface area contributed by atoms with Crippen LogP contribution in [-0.2, 0) is 6.54 Å². The molecular weight excluding hydrogens is 244 g/mol. The van der Waals surface area contributed by atoms with E-state index < -0.39 is 0 Å². The maximum atomic E-state index is 5.85. The van der Waals surface area contributed by atoms with Crippen LogP contribution >= 0.6 is 0 Å². The van der Waals surface area contributed by atoms with E-state index in [1.807, 2.05) is 0 Å². The molecule has 0 aliphatic rings. The predicted octanol–water partition coefficient (Wildman–Crippen LogP) is 4.17. The first-order valence-corrected chi connectivity index (χ1v) is 7.48. The molecule has 0 saturated carbocycles. The van der Waals surface area contributed by atoms with Crippen LogP contribution in [0.3, 0.4) is 0 Å². The van der Waals surface area contributed by atoms with E-state index in [9.17, 15) is 0 Å². The number of anilines is 1. The Hall–Kier alpha value is -1.54. The van der Waals surface area contributed by atoms with Crippen molar-refractivity contribution < 1.29 is 0 Å². The monoisotopic (exact) mass is 270 g/mol. The van der Waals surface area contributed by atoms with Crippen molar-refractivity contribution in [2.24, 2.45) is 11.7 Å². The Labute approximate surface area is 122 Å². The van der Waals surface area contributed by atoms with Gasteiger partial charge < -0.3 is 10.6 Å². The van der Waals surface area contributed by atoms with Crippen molar-refractivity contribution in [2.45, 2.75) is 39.8 Å². The van der Waals surface area contributed by atoms with Crippen LogP contribution in [0.15, 0.2) is 36.4 Å². The average Bonchev–Trinajstić information content (AvgIpc) is 2.44. The molecule has 2 N–H and O–H groups in total. The third-order valence-electron chi connectivity index (χ3n) is 4.06. The quantitative estimate of drug-likeness (QED) is 0.883. The van der Waals surface area contributed by atoms with E-state index in [0.717, 1.165) is 0 Å². The van der Waals surface area contributed by atoms with E-state index in [1.54, 1.807) is 0 Å². The maximum absolute atomic E-state index is 5.85. The molecule has 2 heteroatoms. The highest BCUT2D eigenvalue weighted by Gasteiger charge is 2.14. The lowest BCUT2D eigenvalue weighted by Gasteiger charge is -2.30. The average molecular weight is 270 g/mol. The number of benzene rings is 2. The highest BCUT2D eigenvalue weighted by Crippen LogP contribution is 2.30. The fourth-order valence-corrected chi connectivity index (χ4v) is 2.91. The summed E-state index contributed by atoms with van der Waals surface area (Å²) in [6, 6.07) is 13.5. The van der Waals surface area contributed by atoms with Crippen LogP contribution in [0.4, 0.5) is 5.69 Å². The smallest absolute Gasteiger partial charge is 0.0445 e. The van der Waals surface area contributed by atoms with E-state index in [0.29, 0.717) is 18.5 Å². The summed E-state index contributed by atoms with van der Waals surface area (Å²) in [6.45, 7) is 7.44. The first-order chi connectivity index (χ1) is 9.54. The van der Waals surface area contributed by atoms with Crippen molar-refractivity contribution in [1.82, 2.24) is 0 Å². The Bertz CT molecular complexity index is 575. The molecule has 1 atom stereocenters. The molecular formula is C18H26N2. The lowest BCUT2D eigenvalue weighted by Crippen LogP contribution is -2.30. The second-order valence-electron chi connectivity index (χ2n) is 6.08. The summed E-state index contributed by atoms with van der Waals surface area (Å²) in [4.78, 5) is 2.39. The normalized spacial score (nSPS) is 12.9. The van der Waals surface area contributed by atoms with Gasteiger partial charge >= 0.3 is 0 Å². The third kappa shape index (κ3) is 2.96. The zero-order valence-corrected chi connectivity index (χ0v) is 13.1. The van der Waals surface area contributed by atoms with Crippen molar-refractivity contribution >= 4 is 16.5 Å². The predicted molar refractivity (Wildman–Crippen MR) is 89.2 cm³/mol. The lowest BCUT2D eigenvalue weighted by atomic mass is 9.99. The molecule has 0 amide bonds. The van der Waals surface area contributed by atoms with Gasteiger partial charge in [0.1, 0.15) is 0 Å². The van der Waals surface area contributed by atoms with E-state index in [1.165, 1.54) is 28.4 Å². The largest absolute Gasteiger partial charge is 0.371 e. The molecule has 0 fully saturated rings. The Balaban J connectivity index is 2.44. The van der Waals surface area contributed by atoms with Crippen LogP contribution in [0.25, 0.3) is 10.8 Å². The van der Waals surface area contributed by atoms with Crippen molar-refractivity contribution in [3.63, 3.8) is 0 Å². The highest BCUT2D eigenvalue weighted by molar-refractivity contribution is 5.96. The zero-order valence-electron chi connectivity index (χ0n) is 13.1. The molecule has 2 aromatic carbocycles. The molecule has 0 heterocycles. The first kappa shape index (κ1) is 14.9. The van der Waals surface area contributed by atoms with Gasteiger partial charge in [-0.2, -0.15) is 0 Å². The second kappa shape index (κ2) is 6.27. The molecule has 0 spiro atoms. The van der Waals surface area contributed by atoms with Crippen LogP contribution in [0, 0.1) is 5.92 Å². The topological polar surface area (TPSA) is 29.3 Å². The number of nitrogens with two attached hydrogens (primary N) is 1. The molecule has 0 aromatic heterocycles. The minimum Gasteiger partial charge on any atom is -0.371 e. The van der Waals surface area contributed by atoms with Gasteiger partial charge in [-0.3, -0.25) is 0 Å². The highest BCUT2D eigenvalue weighted by atomic mass is 15.1. The molecule has 0 bridgehead atoms. The van der Waals surface area contributed by atoms with E-state index >= 15 is 0 Å². The second-order valence-corrected chi connectivity index (χ2v) is 6.08. The fourth-order valence-electron chi connectivity index (χ4n) is 2.91. The Morgan fingerprint density at radius 2 is 1.65 bits per heavy atom. The molecule has 0 aliphatic carbocycles. The van der Waals surface area contributed by atoms with Gasteiger partial charge in [-0.1, -0.05) is 44.2 Å². The summed E-state index contributed by atoms with van der Waals surface area (Å²) < 4.78 is 0. The third-order valence-corrected chi connectivity index (χ3v) is 4.06. The number of nitrogens with zero attached hydrogens (tertiary/aromatic N) is 1. The minimum atomic E-state index is 0.530. The summed E-state index contributed by atoms with van der Waals surface area (Å²) in [5, 5.41) is 2.57. The summed E-state index contributed by atoms with van der Waals surface area (Å²) in [7, 11) is 2.19. The van der Waals surface area contributed by atoms with E-state index in [4.69, 9.17) is 5.73 Å². The van der Waals surface area contributed by atoms with Gasteiger partial charge in [0.05, 0.1) is 0 Å². The summed E-state index contributed by atoms with van der Waals surface area (Å²) in [5.74, 6) is 0.710. The summed E-state index contributed by atoms with van der Waals surface area (Å²) >= 11 is 0. The molecule has 108 valence electrons. The van der Waals surface area contributed by atoms with Crippen LogP contribution in [0.5, 0.6) is 0 Å². The first-order valence-electron chi connectivity index (χ1n) is 7.48. The van der Waals surface area contributed by atoms with Crippen molar-refractivity contribution in [1.29, 1.82) is 0 Å². The molecule has 2 aromatic rings. The SMILES string of the molecule is CC(C)CC(C)N(C)c1ccc(CN)c2ccccc12. The van der Waals surface area contributed by atoms with Crippen LogP contribution in [0.1, 0.15) is 32.8 Å². The number of fused-ring (bicyclic) bond motifs is 1.